The van der Waals surface area contributed by atoms with Crippen LogP contribution < -0.4 is 16.8 Å². The fourth-order valence-electron chi connectivity index (χ4n) is 0.416. The molecule has 0 aliphatic rings. The highest BCUT2D eigenvalue weighted by atomic mass is 35.5. The normalized spacial score (nSPS) is 13.9. The van der Waals surface area contributed by atoms with Crippen LogP contribution in [0, 0.1) is 0 Å². The molecule has 0 spiro atoms. The molecule has 5 N–H and O–H groups in total. The minimum absolute atomic E-state index is 0. The van der Waals surface area contributed by atoms with Crippen LogP contribution in [0.25, 0.3) is 0 Å². The number of hydrogen-bond acceptors (Lipinski definition) is 3. The average Bonchev–Trinajstić information content (AvgIpc) is 1.87. The minimum atomic E-state index is -0.659. The third-order valence-corrected chi connectivity index (χ3v) is 1.20. The molecule has 0 aromatic heterocycles. The van der Waals surface area contributed by atoms with Crippen molar-refractivity contribution in [2.24, 2.45) is 11.5 Å². The van der Waals surface area contributed by atoms with Gasteiger partial charge in [0.2, 0.25) is 11.8 Å². The van der Waals surface area contributed by atoms with Gasteiger partial charge in [-0.2, -0.15) is 0 Å². The summed E-state index contributed by atoms with van der Waals surface area (Å²) in [7, 11) is 0. The number of amides is 2. The molecule has 0 aromatic rings. The van der Waals surface area contributed by atoms with E-state index in [0.717, 1.165) is 0 Å². The van der Waals surface area contributed by atoms with E-state index in [2.05, 4.69) is 5.32 Å². The van der Waals surface area contributed by atoms with E-state index in [1.807, 2.05) is 0 Å². The van der Waals surface area contributed by atoms with Crippen LogP contribution in [0.15, 0.2) is 0 Å². The molecule has 0 aromatic carbocycles. The lowest BCUT2D eigenvalue weighted by atomic mass is 10.3. The topological polar surface area (TPSA) is 98.2 Å². The van der Waals surface area contributed by atoms with Crippen molar-refractivity contribution < 1.29 is 9.59 Å². The summed E-state index contributed by atoms with van der Waals surface area (Å²) in [6.07, 6.45) is 0. The fourth-order valence-corrected chi connectivity index (χ4v) is 0.416. The summed E-state index contributed by atoms with van der Waals surface area (Å²) in [5.74, 6) is -0.949. The Labute approximate surface area is 77.3 Å². The van der Waals surface area contributed by atoms with Crippen LogP contribution >= 0.6 is 12.4 Å². The first kappa shape index (κ1) is 13.8. The minimum Gasteiger partial charge on any atom is -0.368 e. The molecule has 0 saturated heterocycles. The predicted molar refractivity (Wildman–Crippen MR) is 47.7 cm³/mol. The first-order valence-electron chi connectivity index (χ1n) is 3.30. The first-order valence-corrected chi connectivity index (χ1v) is 3.30. The highest BCUT2D eigenvalue weighted by Crippen LogP contribution is 1.81. The lowest BCUT2D eigenvalue weighted by Crippen LogP contribution is -2.47. The Kier molecular flexibility index (Phi) is 6.64. The van der Waals surface area contributed by atoms with Gasteiger partial charge >= 0.3 is 0 Å². The molecule has 12 heavy (non-hydrogen) atoms. The van der Waals surface area contributed by atoms with Crippen LogP contribution in [0.2, 0.25) is 0 Å². The second kappa shape index (κ2) is 5.79. The summed E-state index contributed by atoms with van der Waals surface area (Å²) in [6.45, 7) is 3.03. The number of nitrogens with one attached hydrogen (secondary N) is 1. The second-order valence-electron chi connectivity index (χ2n) is 2.42. The second-order valence-corrected chi connectivity index (χ2v) is 2.42. The highest BCUT2D eigenvalue weighted by molar-refractivity contribution is 5.88. The van der Waals surface area contributed by atoms with E-state index in [-0.39, 0.29) is 18.3 Å². The summed E-state index contributed by atoms with van der Waals surface area (Å²) in [4.78, 5) is 21.2. The Morgan fingerprint density at radius 3 is 2.00 bits per heavy atom. The Morgan fingerprint density at radius 2 is 1.75 bits per heavy atom. The molecule has 0 fully saturated rings. The van der Waals surface area contributed by atoms with Crippen molar-refractivity contribution in [1.29, 1.82) is 0 Å². The lowest BCUT2D eigenvalue weighted by molar-refractivity contribution is -0.127. The molecule has 0 unspecified atom stereocenters. The van der Waals surface area contributed by atoms with E-state index in [1.165, 1.54) is 13.8 Å². The standard InChI is InChI=1S/C6H13N3O2.ClH/c1-3(7)6(11)9-4(2)5(8)10;/h3-4H,7H2,1-2H3,(H2,8,10)(H,9,11);1H/t3-,4-;/m0./s1. The maximum Gasteiger partial charge on any atom is 0.239 e. The third-order valence-electron chi connectivity index (χ3n) is 1.20. The van der Waals surface area contributed by atoms with E-state index in [1.54, 1.807) is 0 Å². The van der Waals surface area contributed by atoms with Gasteiger partial charge in [-0.25, -0.2) is 0 Å². The summed E-state index contributed by atoms with van der Waals surface area (Å²) >= 11 is 0. The van der Waals surface area contributed by atoms with Gasteiger partial charge in [0.05, 0.1) is 6.04 Å². The van der Waals surface area contributed by atoms with Gasteiger partial charge in [-0.15, -0.1) is 12.4 Å². The molecule has 0 bridgehead atoms. The first-order chi connectivity index (χ1) is 4.95. The zero-order valence-electron chi connectivity index (χ0n) is 7.03. The van der Waals surface area contributed by atoms with Crippen molar-refractivity contribution in [1.82, 2.24) is 5.32 Å². The van der Waals surface area contributed by atoms with Gasteiger partial charge in [-0.1, -0.05) is 0 Å². The SMILES string of the molecule is C[C@H](N)C(=O)N[C@@H](C)C(N)=O.Cl. The number of carbonyl (C=O) groups excluding carboxylic acids is 2. The smallest absolute Gasteiger partial charge is 0.239 e. The number of nitrogens with two attached hydrogens (primary N) is 2. The maximum absolute atomic E-state index is 10.8. The molecular weight excluding hydrogens is 182 g/mol. The summed E-state index contributed by atoms with van der Waals surface area (Å²) in [5, 5.41) is 2.34. The van der Waals surface area contributed by atoms with Gasteiger partial charge in [-0.05, 0) is 13.8 Å². The van der Waals surface area contributed by atoms with Crippen LogP contribution in [0.5, 0.6) is 0 Å². The maximum atomic E-state index is 10.8. The molecule has 0 heterocycles. The quantitative estimate of drug-likeness (QED) is 0.525. The van der Waals surface area contributed by atoms with Crippen LogP contribution in [0.1, 0.15) is 13.8 Å². The molecule has 0 aliphatic heterocycles. The Morgan fingerprint density at radius 1 is 1.33 bits per heavy atom. The molecule has 5 nitrogen and oxygen atoms in total. The van der Waals surface area contributed by atoms with Gasteiger partial charge in [0, 0.05) is 0 Å². The molecule has 6 heteroatoms. The molecule has 0 radical (unpaired) electrons. The van der Waals surface area contributed by atoms with Crippen molar-refractivity contribution in [2.75, 3.05) is 0 Å². The summed E-state index contributed by atoms with van der Waals surface area (Å²) < 4.78 is 0. The van der Waals surface area contributed by atoms with Crippen LogP contribution in [0.4, 0.5) is 0 Å². The van der Waals surface area contributed by atoms with Gasteiger partial charge in [0.15, 0.2) is 0 Å². The van der Waals surface area contributed by atoms with E-state index >= 15 is 0 Å². The van der Waals surface area contributed by atoms with E-state index in [9.17, 15) is 9.59 Å². The summed E-state index contributed by atoms with van der Waals surface area (Å²) in [6, 6.07) is -1.27. The van der Waals surface area contributed by atoms with Gasteiger partial charge < -0.3 is 16.8 Å². The van der Waals surface area contributed by atoms with Crippen LogP contribution in [-0.4, -0.2) is 23.9 Å². The number of carbonyl (C=O) groups is 2. The average molecular weight is 196 g/mol. The van der Waals surface area contributed by atoms with Gasteiger partial charge in [-0.3, -0.25) is 9.59 Å². The molecule has 2 amide bonds. The van der Waals surface area contributed by atoms with Crippen molar-refractivity contribution in [2.45, 2.75) is 25.9 Å². The fraction of sp³-hybridized carbons (Fsp3) is 0.667. The van der Waals surface area contributed by atoms with Crippen molar-refractivity contribution in [3.8, 4) is 0 Å². The number of rotatable bonds is 3. The molecule has 0 aliphatic carbocycles. The Bertz CT molecular complexity index is 172. The third kappa shape index (κ3) is 4.92. The molecule has 72 valence electrons. The number of halogens is 1. The molecular formula is C6H14ClN3O2. The van der Waals surface area contributed by atoms with E-state index in [4.69, 9.17) is 11.5 Å². The van der Waals surface area contributed by atoms with Crippen molar-refractivity contribution >= 4 is 24.2 Å². The monoisotopic (exact) mass is 195 g/mol. The number of hydrogen-bond donors (Lipinski definition) is 3. The molecule has 0 rings (SSSR count). The molecule has 2 atom stereocenters. The van der Waals surface area contributed by atoms with Crippen LogP contribution in [0.3, 0.4) is 0 Å². The van der Waals surface area contributed by atoms with Crippen molar-refractivity contribution in [3.05, 3.63) is 0 Å². The van der Waals surface area contributed by atoms with Gasteiger partial charge in [0.25, 0.3) is 0 Å². The molecule has 0 saturated carbocycles. The zero-order valence-corrected chi connectivity index (χ0v) is 7.85. The van der Waals surface area contributed by atoms with Gasteiger partial charge in [0.1, 0.15) is 6.04 Å². The van der Waals surface area contributed by atoms with Crippen LogP contribution in [-0.2, 0) is 9.59 Å². The zero-order chi connectivity index (χ0) is 9.02. The number of primary amides is 1. The Hall–Kier alpha value is -0.810. The van der Waals surface area contributed by atoms with E-state index < -0.39 is 18.0 Å². The predicted octanol–water partition coefficient (Wildman–Crippen LogP) is -1.25. The largest absolute Gasteiger partial charge is 0.368 e. The van der Waals surface area contributed by atoms with E-state index in [0.29, 0.717) is 0 Å². The van der Waals surface area contributed by atoms with Crippen molar-refractivity contribution in [3.63, 3.8) is 0 Å². The summed E-state index contributed by atoms with van der Waals surface area (Å²) in [5.41, 5.74) is 10.1. The Balaban J connectivity index is 0. The lowest BCUT2D eigenvalue weighted by Gasteiger charge is -2.11. The highest BCUT2D eigenvalue weighted by Gasteiger charge is 2.14.